The molecule has 2 aliphatic carbocycles. The van der Waals surface area contributed by atoms with Crippen LogP contribution < -0.4 is 14.8 Å². The van der Waals surface area contributed by atoms with Crippen LogP contribution in [-0.4, -0.2) is 37.4 Å². The van der Waals surface area contributed by atoms with Crippen molar-refractivity contribution in [2.24, 2.45) is 34.5 Å². The monoisotopic (exact) mass is 492 g/mol. The van der Waals surface area contributed by atoms with E-state index < -0.39 is 0 Å². The van der Waals surface area contributed by atoms with Crippen molar-refractivity contribution < 1.29 is 19.1 Å². The standard InChI is InChI=1S/C30H40N2O4/c1-19-22(18-32-28(34)20-9-7-12-31-17-20)15-25-29(2,3)10-8-11-30(25,4)26(19)27(33)21-13-23(35-5)16-24(14-21)36-6/h7,9,12-14,16-17,19,22,25-26H,8,10-11,15,18H2,1-6H3,(H,32,34)/t19-,22-,25?,26-,30+/m1/s1. The fraction of sp³-hybridized carbons (Fsp3) is 0.567. The molecule has 1 aromatic heterocycles. The first-order valence-corrected chi connectivity index (χ1v) is 13.1. The lowest BCUT2D eigenvalue weighted by Gasteiger charge is -2.60. The molecule has 1 heterocycles. The van der Waals surface area contributed by atoms with Crippen molar-refractivity contribution in [2.45, 2.75) is 53.4 Å². The van der Waals surface area contributed by atoms with E-state index in [1.807, 2.05) is 12.1 Å². The van der Waals surface area contributed by atoms with Crippen molar-refractivity contribution in [3.05, 3.63) is 53.9 Å². The SMILES string of the molecule is COc1cc(OC)cc(C(=O)[C@H]2[C@H](C)[C@@H](CNC(=O)c3cccnc3)CC3C(C)(C)CCC[C@@]32C)c1. The smallest absolute Gasteiger partial charge is 0.252 e. The maximum Gasteiger partial charge on any atom is 0.252 e. The molecule has 0 saturated heterocycles. The van der Waals surface area contributed by atoms with Crippen LogP contribution in [0.25, 0.3) is 0 Å². The summed E-state index contributed by atoms with van der Waals surface area (Å²) in [7, 11) is 3.21. The number of pyridine rings is 1. The molecule has 36 heavy (non-hydrogen) atoms. The van der Waals surface area contributed by atoms with E-state index in [9.17, 15) is 9.59 Å². The number of hydrogen-bond donors (Lipinski definition) is 1. The van der Waals surface area contributed by atoms with Gasteiger partial charge >= 0.3 is 0 Å². The zero-order chi connectivity index (χ0) is 26.1. The lowest BCUT2D eigenvalue weighted by molar-refractivity contribution is -0.101. The van der Waals surface area contributed by atoms with Crippen molar-refractivity contribution in [2.75, 3.05) is 20.8 Å². The van der Waals surface area contributed by atoms with E-state index in [0.717, 1.165) is 25.7 Å². The molecule has 1 amide bonds. The van der Waals surface area contributed by atoms with Crippen LogP contribution >= 0.6 is 0 Å². The first-order chi connectivity index (χ1) is 17.1. The third-order valence-corrected chi connectivity index (χ3v) is 9.16. The van der Waals surface area contributed by atoms with Gasteiger partial charge in [-0.25, -0.2) is 0 Å². The minimum absolute atomic E-state index is 0.110. The van der Waals surface area contributed by atoms with Crippen molar-refractivity contribution in [1.82, 2.24) is 10.3 Å². The molecule has 2 aliphatic rings. The molecule has 0 spiro atoms. The molecule has 0 radical (unpaired) electrons. The summed E-state index contributed by atoms with van der Waals surface area (Å²) in [5.74, 6) is 1.80. The van der Waals surface area contributed by atoms with Crippen molar-refractivity contribution in [3.8, 4) is 11.5 Å². The van der Waals surface area contributed by atoms with E-state index in [4.69, 9.17) is 9.47 Å². The van der Waals surface area contributed by atoms with E-state index in [2.05, 4.69) is 38.0 Å². The summed E-state index contributed by atoms with van der Waals surface area (Å²) in [6, 6.07) is 9.00. The predicted octanol–water partition coefficient (Wildman–Crippen LogP) is 5.82. The molecule has 2 saturated carbocycles. The first-order valence-electron chi connectivity index (χ1n) is 13.1. The molecule has 2 fully saturated rings. The van der Waals surface area contributed by atoms with Crippen LogP contribution in [0.15, 0.2) is 42.7 Å². The van der Waals surface area contributed by atoms with Gasteiger partial charge in [0.05, 0.1) is 19.8 Å². The van der Waals surface area contributed by atoms with Gasteiger partial charge in [0.1, 0.15) is 11.5 Å². The lowest BCUT2D eigenvalue weighted by Crippen LogP contribution is -2.57. The highest BCUT2D eigenvalue weighted by molar-refractivity contribution is 5.99. The van der Waals surface area contributed by atoms with E-state index in [-0.39, 0.29) is 40.3 Å². The topological polar surface area (TPSA) is 77.5 Å². The summed E-state index contributed by atoms with van der Waals surface area (Å²) in [4.78, 5) is 31.2. The minimum atomic E-state index is -0.159. The number of fused-ring (bicyclic) bond motifs is 1. The van der Waals surface area contributed by atoms with Gasteiger partial charge in [-0.05, 0) is 72.1 Å². The zero-order valence-electron chi connectivity index (χ0n) is 22.5. The van der Waals surface area contributed by atoms with Crippen LogP contribution in [0.5, 0.6) is 11.5 Å². The number of carbonyl (C=O) groups excluding carboxylic acids is 2. The molecule has 0 bridgehead atoms. The molecule has 1 N–H and O–H groups in total. The summed E-state index contributed by atoms with van der Waals surface area (Å²) in [6.45, 7) is 9.78. The molecule has 1 aromatic carbocycles. The van der Waals surface area contributed by atoms with E-state index in [1.54, 1.807) is 44.8 Å². The predicted molar refractivity (Wildman–Crippen MR) is 140 cm³/mol. The Hall–Kier alpha value is -2.89. The van der Waals surface area contributed by atoms with Crippen LogP contribution in [0, 0.1) is 34.5 Å². The number of ether oxygens (including phenoxy) is 2. The van der Waals surface area contributed by atoms with Gasteiger partial charge < -0.3 is 14.8 Å². The number of ketones is 1. The Morgan fingerprint density at radius 1 is 1.06 bits per heavy atom. The molecular weight excluding hydrogens is 452 g/mol. The number of Topliss-reactive ketones (excluding diaryl/α,β-unsaturated/α-hetero) is 1. The number of benzene rings is 1. The Morgan fingerprint density at radius 3 is 2.36 bits per heavy atom. The average Bonchev–Trinajstić information content (AvgIpc) is 2.87. The van der Waals surface area contributed by atoms with Crippen LogP contribution in [-0.2, 0) is 0 Å². The molecule has 194 valence electrons. The zero-order valence-corrected chi connectivity index (χ0v) is 22.5. The fourth-order valence-electron chi connectivity index (χ4n) is 7.28. The molecule has 6 nitrogen and oxygen atoms in total. The van der Waals surface area contributed by atoms with Gasteiger partial charge in [0.25, 0.3) is 5.91 Å². The number of carbonyl (C=O) groups is 2. The Balaban J connectivity index is 1.67. The number of methoxy groups -OCH3 is 2. The third-order valence-electron chi connectivity index (χ3n) is 9.16. The highest BCUT2D eigenvalue weighted by atomic mass is 16.5. The van der Waals surface area contributed by atoms with Gasteiger partial charge in [0, 0.05) is 36.5 Å². The Kier molecular flexibility index (Phi) is 7.44. The van der Waals surface area contributed by atoms with Gasteiger partial charge in [0.15, 0.2) is 5.78 Å². The van der Waals surface area contributed by atoms with E-state index in [1.165, 1.54) is 0 Å². The highest BCUT2D eigenvalue weighted by Crippen LogP contribution is 2.62. The normalized spacial score (nSPS) is 29.1. The van der Waals surface area contributed by atoms with Crippen molar-refractivity contribution in [1.29, 1.82) is 0 Å². The maximum atomic E-state index is 14.3. The van der Waals surface area contributed by atoms with Gasteiger partial charge in [-0.2, -0.15) is 0 Å². The molecule has 5 atom stereocenters. The number of nitrogens with one attached hydrogen (secondary N) is 1. The largest absolute Gasteiger partial charge is 0.497 e. The minimum Gasteiger partial charge on any atom is -0.497 e. The highest BCUT2D eigenvalue weighted by Gasteiger charge is 2.58. The quantitative estimate of drug-likeness (QED) is 0.493. The summed E-state index contributed by atoms with van der Waals surface area (Å²) in [5.41, 5.74) is 1.20. The van der Waals surface area contributed by atoms with Crippen molar-refractivity contribution >= 4 is 11.7 Å². The molecule has 1 unspecified atom stereocenters. The summed E-state index contributed by atoms with van der Waals surface area (Å²) >= 11 is 0. The van der Waals surface area contributed by atoms with Crippen LogP contribution in [0.4, 0.5) is 0 Å². The van der Waals surface area contributed by atoms with Crippen LogP contribution in [0.1, 0.15) is 74.1 Å². The second-order valence-electron chi connectivity index (χ2n) is 11.7. The van der Waals surface area contributed by atoms with Crippen LogP contribution in [0.3, 0.4) is 0 Å². The summed E-state index contributed by atoms with van der Waals surface area (Å²) in [6.07, 6.45) is 7.57. The van der Waals surface area contributed by atoms with Gasteiger partial charge in [-0.1, -0.05) is 34.1 Å². The molecular formula is C30H40N2O4. The Morgan fingerprint density at radius 2 is 1.75 bits per heavy atom. The summed E-state index contributed by atoms with van der Waals surface area (Å²) < 4.78 is 10.9. The van der Waals surface area contributed by atoms with Crippen LogP contribution in [0.2, 0.25) is 0 Å². The second-order valence-corrected chi connectivity index (χ2v) is 11.7. The molecule has 6 heteroatoms. The number of hydrogen-bond acceptors (Lipinski definition) is 5. The number of aromatic nitrogens is 1. The maximum absolute atomic E-state index is 14.3. The Labute approximate surface area is 215 Å². The fourth-order valence-corrected chi connectivity index (χ4v) is 7.28. The van der Waals surface area contributed by atoms with Gasteiger partial charge in [0.2, 0.25) is 0 Å². The first kappa shape index (κ1) is 26.2. The van der Waals surface area contributed by atoms with Gasteiger partial charge in [-0.15, -0.1) is 0 Å². The van der Waals surface area contributed by atoms with Gasteiger partial charge in [-0.3, -0.25) is 14.6 Å². The van der Waals surface area contributed by atoms with Crippen molar-refractivity contribution in [3.63, 3.8) is 0 Å². The Bertz CT molecular complexity index is 1080. The summed E-state index contributed by atoms with van der Waals surface area (Å²) in [5, 5.41) is 3.14. The van der Waals surface area contributed by atoms with E-state index >= 15 is 0 Å². The molecule has 4 rings (SSSR count). The lowest BCUT2D eigenvalue weighted by atomic mass is 9.44. The van der Waals surface area contributed by atoms with E-state index in [0.29, 0.717) is 35.1 Å². The molecule has 2 aromatic rings. The third kappa shape index (κ3) is 4.87. The second kappa shape index (κ2) is 10.2. The number of amides is 1. The molecule has 0 aliphatic heterocycles. The average molecular weight is 493 g/mol. The number of rotatable bonds is 7. The number of nitrogens with zero attached hydrogens (tertiary/aromatic N) is 1.